The molecule has 4 heteroatoms. The number of hydrogen-bond donors (Lipinski definition) is 0. The first-order valence-corrected chi connectivity index (χ1v) is 4.81. The quantitative estimate of drug-likeness (QED) is 0.687. The van der Waals surface area contributed by atoms with Gasteiger partial charge >= 0.3 is 5.97 Å². The molecule has 0 aliphatic heterocycles. The van der Waals surface area contributed by atoms with Gasteiger partial charge in [-0.15, -0.1) is 0 Å². The number of ether oxygens (including phenoxy) is 1. The van der Waals surface area contributed by atoms with Crippen molar-refractivity contribution in [2.75, 3.05) is 6.61 Å². The van der Waals surface area contributed by atoms with E-state index in [2.05, 4.69) is 4.98 Å². The number of nitrogens with zero attached hydrogens (tertiary/aromatic N) is 2. The molecule has 0 bridgehead atoms. The van der Waals surface area contributed by atoms with Gasteiger partial charge < -0.3 is 9.30 Å². The van der Waals surface area contributed by atoms with Crippen LogP contribution in [0.5, 0.6) is 0 Å². The highest BCUT2D eigenvalue weighted by atomic mass is 16.5. The smallest absolute Gasteiger partial charge is 0.356 e. The van der Waals surface area contributed by atoms with Crippen molar-refractivity contribution in [1.29, 1.82) is 0 Å². The number of carbonyl (C=O) groups excluding carboxylic acids is 1. The summed E-state index contributed by atoms with van der Waals surface area (Å²) in [5, 5.41) is 0. The molecule has 4 nitrogen and oxygen atoms in total. The predicted octanol–water partition coefficient (Wildman–Crippen LogP) is 1.47. The fourth-order valence-corrected chi connectivity index (χ4v) is 1.38. The molecule has 0 radical (unpaired) electrons. The summed E-state index contributed by atoms with van der Waals surface area (Å²) in [6.45, 7) is 6.05. The minimum Gasteiger partial charge on any atom is -0.461 e. The second-order valence-electron chi connectivity index (χ2n) is 3.09. The minimum atomic E-state index is -0.285. The molecule has 0 spiro atoms. The van der Waals surface area contributed by atoms with E-state index in [-0.39, 0.29) is 5.97 Å². The average molecular weight is 196 g/mol. The van der Waals surface area contributed by atoms with Gasteiger partial charge in [0.05, 0.1) is 12.3 Å². The fraction of sp³-hybridized carbons (Fsp3) is 0.600. The minimum absolute atomic E-state index is 0.285. The van der Waals surface area contributed by atoms with Crippen LogP contribution in [0.3, 0.4) is 0 Å². The molecule has 1 aromatic heterocycles. The topological polar surface area (TPSA) is 44.1 Å². The molecule has 1 rings (SSSR count). The van der Waals surface area contributed by atoms with Gasteiger partial charge in [-0.05, 0) is 20.3 Å². The van der Waals surface area contributed by atoms with E-state index in [1.54, 1.807) is 11.5 Å². The average Bonchev–Trinajstić information content (AvgIpc) is 2.43. The Morgan fingerprint density at radius 1 is 1.50 bits per heavy atom. The van der Waals surface area contributed by atoms with Crippen molar-refractivity contribution in [2.45, 2.75) is 27.2 Å². The van der Waals surface area contributed by atoms with E-state index in [0.717, 1.165) is 17.9 Å². The van der Waals surface area contributed by atoms with Crippen LogP contribution in [0.15, 0.2) is 0 Å². The van der Waals surface area contributed by atoms with E-state index < -0.39 is 0 Å². The molecule has 0 fully saturated rings. The number of esters is 1. The van der Waals surface area contributed by atoms with E-state index in [1.807, 2.05) is 20.9 Å². The van der Waals surface area contributed by atoms with E-state index in [0.29, 0.717) is 12.3 Å². The van der Waals surface area contributed by atoms with Crippen LogP contribution in [0, 0.1) is 6.92 Å². The Bertz CT molecular complexity index is 342. The zero-order valence-electron chi connectivity index (χ0n) is 9.13. The van der Waals surface area contributed by atoms with Crippen LogP contribution < -0.4 is 0 Å². The number of carbonyl (C=O) groups is 1. The van der Waals surface area contributed by atoms with Crippen molar-refractivity contribution in [1.82, 2.24) is 9.55 Å². The maximum atomic E-state index is 11.6. The first kappa shape index (κ1) is 10.8. The number of hydrogen-bond acceptors (Lipinski definition) is 3. The molecule has 0 aliphatic rings. The van der Waals surface area contributed by atoms with Gasteiger partial charge in [0.25, 0.3) is 0 Å². The molecule has 0 N–H and O–H groups in total. The van der Waals surface area contributed by atoms with Crippen LogP contribution in [0.4, 0.5) is 0 Å². The van der Waals surface area contributed by atoms with Crippen LogP contribution in [-0.2, 0) is 18.2 Å². The van der Waals surface area contributed by atoms with Gasteiger partial charge in [0.1, 0.15) is 11.5 Å². The van der Waals surface area contributed by atoms with Gasteiger partial charge in [-0.1, -0.05) is 6.92 Å². The summed E-state index contributed by atoms with van der Waals surface area (Å²) in [5.74, 6) is 0.553. The van der Waals surface area contributed by atoms with E-state index in [1.165, 1.54) is 0 Å². The van der Waals surface area contributed by atoms with Crippen molar-refractivity contribution < 1.29 is 9.53 Å². The lowest BCUT2D eigenvalue weighted by Crippen LogP contribution is -2.12. The Kier molecular flexibility index (Phi) is 3.28. The summed E-state index contributed by atoms with van der Waals surface area (Å²) in [4.78, 5) is 15.9. The van der Waals surface area contributed by atoms with E-state index in [4.69, 9.17) is 4.74 Å². The third-order valence-corrected chi connectivity index (χ3v) is 2.19. The lowest BCUT2D eigenvalue weighted by molar-refractivity contribution is 0.0513. The number of aryl methyl sites for hydroxylation is 2. The van der Waals surface area contributed by atoms with Crippen molar-refractivity contribution in [3.8, 4) is 0 Å². The highest BCUT2D eigenvalue weighted by Gasteiger charge is 2.18. The highest BCUT2D eigenvalue weighted by Crippen LogP contribution is 2.12. The van der Waals surface area contributed by atoms with Gasteiger partial charge in [0.2, 0.25) is 0 Å². The summed E-state index contributed by atoms with van der Waals surface area (Å²) < 4.78 is 6.74. The van der Waals surface area contributed by atoms with Crippen LogP contribution in [0.1, 0.15) is 35.9 Å². The molecular formula is C10H16N2O2. The highest BCUT2D eigenvalue weighted by molar-refractivity contribution is 5.89. The Balaban J connectivity index is 3.10. The molecular weight excluding hydrogens is 180 g/mol. The molecule has 0 aromatic carbocycles. The molecule has 0 aliphatic carbocycles. The monoisotopic (exact) mass is 196 g/mol. The van der Waals surface area contributed by atoms with Gasteiger partial charge in [-0.3, -0.25) is 0 Å². The molecule has 0 amide bonds. The normalized spacial score (nSPS) is 10.3. The van der Waals surface area contributed by atoms with E-state index in [9.17, 15) is 4.79 Å². The SMILES string of the molecule is CCOC(=O)c1c(CC)nc(C)n1C. The molecule has 14 heavy (non-hydrogen) atoms. The largest absolute Gasteiger partial charge is 0.461 e. The Labute approximate surface area is 83.9 Å². The Morgan fingerprint density at radius 3 is 2.64 bits per heavy atom. The molecule has 0 saturated heterocycles. The van der Waals surface area contributed by atoms with Crippen LogP contribution in [0.25, 0.3) is 0 Å². The summed E-state index contributed by atoms with van der Waals surface area (Å²) in [6, 6.07) is 0. The molecule has 0 atom stereocenters. The second-order valence-corrected chi connectivity index (χ2v) is 3.09. The lowest BCUT2D eigenvalue weighted by atomic mass is 10.2. The Morgan fingerprint density at radius 2 is 2.14 bits per heavy atom. The van der Waals surface area contributed by atoms with Crippen molar-refractivity contribution >= 4 is 5.97 Å². The number of imidazole rings is 1. The maximum absolute atomic E-state index is 11.6. The van der Waals surface area contributed by atoms with Gasteiger partial charge in [0.15, 0.2) is 0 Å². The molecule has 0 saturated carbocycles. The maximum Gasteiger partial charge on any atom is 0.356 e. The van der Waals surface area contributed by atoms with Crippen molar-refractivity contribution in [2.24, 2.45) is 7.05 Å². The number of aromatic nitrogens is 2. The van der Waals surface area contributed by atoms with Gasteiger partial charge in [0, 0.05) is 7.05 Å². The zero-order chi connectivity index (χ0) is 10.7. The summed E-state index contributed by atoms with van der Waals surface area (Å²) >= 11 is 0. The Hall–Kier alpha value is -1.32. The third-order valence-electron chi connectivity index (χ3n) is 2.19. The van der Waals surface area contributed by atoms with Crippen molar-refractivity contribution in [3.05, 3.63) is 17.2 Å². The summed E-state index contributed by atoms with van der Waals surface area (Å²) in [5.41, 5.74) is 1.38. The van der Waals surface area contributed by atoms with Crippen LogP contribution in [-0.4, -0.2) is 22.1 Å². The zero-order valence-corrected chi connectivity index (χ0v) is 9.13. The first-order chi connectivity index (χ1) is 6.61. The molecule has 0 unspecified atom stereocenters. The number of rotatable bonds is 3. The second kappa shape index (κ2) is 4.26. The predicted molar refractivity (Wildman–Crippen MR) is 53.3 cm³/mol. The third kappa shape index (κ3) is 1.78. The standard InChI is InChI=1S/C10H16N2O2/c1-5-8-9(10(13)14-6-2)12(4)7(3)11-8/h5-6H2,1-4H3. The van der Waals surface area contributed by atoms with Crippen molar-refractivity contribution in [3.63, 3.8) is 0 Å². The molecule has 1 aromatic rings. The van der Waals surface area contributed by atoms with Crippen LogP contribution >= 0.6 is 0 Å². The molecule has 78 valence electrons. The molecule has 1 heterocycles. The first-order valence-electron chi connectivity index (χ1n) is 4.81. The van der Waals surface area contributed by atoms with Gasteiger partial charge in [-0.25, -0.2) is 9.78 Å². The summed E-state index contributed by atoms with van der Waals surface area (Å²) in [7, 11) is 1.83. The van der Waals surface area contributed by atoms with Gasteiger partial charge in [-0.2, -0.15) is 0 Å². The fourth-order valence-electron chi connectivity index (χ4n) is 1.38. The summed E-state index contributed by atoms with van der Waals surface area (Å²) in [6.07, 6.45) is 0.746. The lowest BCUT2D eigenvalue weighted by Gasteiger charge is -2.04. The van der Waals surface area contributed by atoms with E-state index >= 15 is 0 Å². The van der Waals surface area contributed by atoms with Crippen LogP contribution in [0.2, 0.25) is 0 Å².